The molecule has 0 spiro atoms. The number of amides is 1. The second-order valence-electron chi connectivity index (χ2n) is 8.30. The molecule has 0 fully saturated rings. The Balaban J connectivity index is 1.73. The first-order valence-electron chi connectivity index (χ1n) is 10.8. The summed E-state index contributed by atoms with van der Waals surface area (Å²) in [6.07, 6.45) is 0. The number of aliphatic imine (C=N–C) groups is 1. The van der Waals surface area contributed by atoms with Gasteiger partial charge in [0.25, 0.3) is 5.91 Å². The number of aromatic carboxylic acids is 2. The Hall–Kier alpha value is -4.40. The van der Waals surface area contributed by atoms with Gasteiger partial charge in [-0.3, -0.25) is 4.79 Å². The van der Waals surface area contributed by atoms with Gasteiger partial charge in [-0.15, -0.1) is 0 Å². The predicted octanol–water partition coefficient (Wildman–Crippen LogP) is 4.27. The molecule has 1 aliphatic rings. The van der Waals surface area contributed by atoms with Crippen molar-refractivity contribution in [2.75, 3.05) is 0 Å². The minimum Gasteiger partial charge on any atom is -0.545 e. The maximum Gasteiger partial charge on any atom is 0.335 e. The summed E-state index contributed by atoms with van der Waals surface area (Å²) in [6.45, 7) is -0.153. The zero-order valence-corrected chi connectivity index (χ0v) is 20.2. The summed E-state index contributed by atoms with van der Waals surface area (Å²) in [5.74, 6) is -3.74. The number of hydrogen-bond acceptors (Lipinski definition) is 5. The maximum absolute atomic E-state index is 13.2. The summed E-state index contributed by atoms with van der Waals surface area (Å²) in [5, 5.41) is 33.3. The average Bonchev–Trinajstić information content (AvgIpc) is 3.35. The summed E-state index contributed by atoms with van der Waals surface area (Å²) >= 11 is 12.1. The van der Waals surface area contributed by atoms with E-state index < -0.39 is 17.8 Å². The summed E-state index contributed by atoms with van der Waals surface area (Å²) in [7, 11) is 0. The molecular formula is C27H15Cl2N2O6-. The maximum atomic E-state index is 13.2. The van der Waals surface area contributed by atoms with E-state index in [2.05, 4.69) is 4.99 Å². The monoisotopic (exact) mass is 533 g/mol. The second kappa shape index (κ2) is 9.24. The number of halogens is 2. The molecule has 1 aliphatic heterocycles. The highest BCUT2D eigenvalue weighted by molar-refractivity contribution is 6.32. The van der Waals surface area contributed by atoms with Crippen LogP contribution in [0.3, 0.4) is 0 Å². The standard InChI is InChI=1S/C27H16Cl2N2O6/c28-18-5-1-14(2-6-18)22-20-21(24(32)30-22)23(15-3-7-19(29)8-4-15)31(25(20)33)12-13-9-16(26(34)35)11-17(10-13)27(36)37/h1-11,33H,12H2,(H,34,35)(H,36,37)/p-1. The number of fused-ring (bicyclic) bond motifs is 1. The fourth-order valence-electron chi connectivity index (χ4n) is 4.34. The molecule has 0 saturated carbocycles. The van der Waals surface area contributed by atoms with E-state index in [-0.39, 0.29) is 46.0 Å². The number of carbonyl (C=O) groups is 3. The van der Waals surface area contributed by atoms with Gasteiger partial charge in [0.2, 0.25) is 5.88 Å². The molecule has 0 saturated heterocycles. The van der Waals surface area contributed by atoms with Crippen molar-refractivity contribution in [3.8, 4) is 17.1 Å². The first kappa shape index (κ1) is 24.3. The van der Waals surface area contributed by atoms with E-state index in [1.807, 2.05) is 0 Å². The third-order valence-corrected chi connectivity index (χ3v) is 6.46. The van der Waals surface area contributed by atoms with Crippen molar-refractivity contribution in [1.29, 1.82) is 0 Å². The van der Waals surface area contributed by atoms with E-state index in [0.29, 0.717) is 26.9 Å². The van der Waals surface area contributed by atoms with Crippen LogP contribution < -0.4 is 5.11 Å². The van der Waals surface area contributed by atoms with Crippen LogP contribution in [0.5, 0.6) is 5.88 Å². The van der Waals surface area contributed by atoms with E-state index in [4.69, 9.17) is 23.2 Å². The molecule has 0 atom stereocenters. The number of benzene rings is 3. The number of aromatic nitrogens is 1. The van der Waals surface area contributed by atoms with Crippen LogP contribution >= 0.6 is 23.2 Å². The van der Waals surface area contributed by atoms with Crippen LogP contribution in [0.15, 0.2) is 71.7 Å². The van der Waals surface area contributed by atoms with Crippen molar-refractivity contribution < 1.29 is 29.7 Å². The lowest BCUT2D eigenvalue weighted by Gasteiger charge is -2.14. The molecule has 37 heavy (non-hydrogen) atoms. The molecule has 0 bridgehead atoms. The third-order valence-electron chi connectivity index (χ3n) is 5.95. The fourth-order valence-corrected chi connectivity index (χ4v) is 4.59. The van der Waals surface area contributed by atoms with Crippen molar-refractivity contribution in [2.45, 2.75) is 6.54 Å². The first-order valence-corrected chi connectivity index (χ1v) is 11.6. The number of carbonyl (C=O) groups excluding carboxylic acids is 2. The normalized spacial score (nSPS) is 12.4. The first-order chi connectivity index (χ1) is 17.6. The molecule has 2 N–H and O–H groups in total. The highest BCUT2D eigenvalue weighted by Crippen LogP contribution is 2.42. The number of carboxylic acids is 2. The zero-order valence-electron chi connectivity index (χ0n) is 18.7. The fraction of sp³-hybridized carbons (Fsp3) is 0.0370. The van der Waals surface area contributed by atoms with Crippen LogP contribution in [0.1, 0.15) is 47.8 Å². The summed E-state index contributed by atoms with van der Waals surface area (Å²) in [4.78, 5) is 40.4. The van der Waals surface area contributed by atoms with Gasteiger partial charge >= 0.3 is 5.97 Å². The number of hydrogen-bond donors (Lipinski definition) is 2. The highest BCUT2D eigenvalue weighted by atomic mass is 35.5. The lowest BCUT2D eigenvalue weighted by atomic mass is 10.0. The van der Waals surface area contributed by atoms with E-state index in [0.717, 1.165) is 6.07 Å². The van der Waals surface area contributed by atoms with Gasteiger partial charge in [-0.25, -0.2) is 9.79 Å². The number of rotatable bonds is 6. The van der Waals surface area contributed by atoms with Crippen molar-refractivity contribution in [3.05, 3.63) is 110 Å². The molecule has 184 valence electrons. The van der Waals surface area contributed by atoms with Gasteiger partial charge in [-0.05, 0) is 59.2 Å². The molecule has 4 aromatic rings. The molecule has 0 unspecified atom stereocenters. The molecule has 8 nitrogen and oxygen atoms in total. The lowest BCUT2D eigenvalue weighted by Crippen LogP contribution is -2.23. The lowest BCUT2D eigenvalue weighted by molar-refractivity contribution is -0.255. The SMILES string of the molecule is O=C([O-])c1cc(Cn2c(O)c3c(c2-c2ccc(Cl)cc2)C(=O)N=C3c2ccc(Cl)cc2)cc(C(=O)O)c1. The molecule has 0 aliphatic carbocycles. The van der Waals surface area contributed by atoms with Crippen LogP contribution in [-0.4, -0.2) is 38.3 Å². The molecule has 2 heterocycles. The summed E-state index contributed by atoms with van der Waals surface area (Å²) in [6, 6.07) is 16.7. The van der Waals surface area contributed by atoms with E-state index in [9.17, 15) is 29.7 Å². The van der Waals surface area contributed by atoms with Crippen molar-refractivity contribution >= 4 is 46.8 Å². The van der Waals surface area contributed by atoms with Gasteiger partial charge in [-0.1, -0.05) is 47.5 Å². The molecule has 0 radical (unpaired) electrons. The van der Waals surface area contributed by atoms with Gasteiger partial charge in [0.05, 0.1) is 40.6 Å². The highest BCUT2D eigenvalue weighted by Gasteiger charge is 2.36. The largest absolute Gasteiger partial charge is 0.545 e. The molecule has 1 amide bonds. The minimum absolute atomic E-state index is 0.152. The summed E-state index contributed by atoms with van der Waals surface area (Å²) < 4.78 is 1.41. The van der Waals surface area contributed by atoms with E-state index in [1.165, 1.54) is 16.7 Å². The third kappa shape index (κ3) is 4.37. The number of nitrogens with zero attached hydrogens (tertiary/aromatic N) is 2. The Labute approximate surface area is 219 Å². The molecule has 1 aromatic heterocycles. The van der Waals surface area contributed by atoms with Crippen LogP contribution in [0.2, 0.25) is 10.0 Å². The van der Waals surface area contributed by atoms with Crippen molar-refractivity contribution in [2.24, 2.45) is 4.99 Å². The molecule has 5 rings (SSSR count). The van der Waals surface area contributed by atoms with Gasteiger partial charge in [0.15, 0.2) is 0 Å². The topological polar surface area (TPSA) is 132 Å². The number of aromatic hydroxyl groups is 1. The van der Waals surface area contributed by atoms with E-state index in [1.54, 1.807) is 48.5 Å². The quantitative estimate of drug-likeness (QED) is 0.380. The van der Waals surface area contributed by atoms with Gasteiger partial charge in [-0.2, -0.15) is 0 Å². The molecule has 3 aromatic carbocycles. The van der Waals surface area contributed by atoms with E-state index >= 15 is 0 Å². The van der Waals surface area contributed by atoms with Crippen LogP contribution in [0.4, 0.5) is 0 Å². The van der Waals surface area contributed by atoms with Crippen LogP contribution in [-0.2, 0) is 6.54 Å². The van der Waals surface area contributed by atoms with Gasteiger partial charge in [0.1, 0.15) is 0 Å². The Morgan fingerprint density at radius 2 is 1.43 bits per heavy atom. The Bertz CT molecular complexity index is 1600. The zero-order chi connectivity index (χ0) is 26.4. The predicted molar refractivity (Wildman–Crippen MR) is 135 cm³/mol. The summed E-state index contributed by atoms with van der Waals surface area (Å²) in [5.41, 5.74) is 1.68. The Kier molecular flexibility index (Phi) is 6.07. The molecular weight excluding hydrogens is 519 g/mol. The van der Waals surface area contributed by atoms with Crippen molar-refractivity contribution in [3.63, 3.8) is 0 Å². The van der Waals surface area contributed by atoms with Crippen LogP contribution in [0, 0.1) is 0 Å². The Morgan fingerprint density at radius 3 is 2.00 bits per heavy atom. The van der Waals surface area contributed by atoms with Gasteiger partial charge in [0, 0.05) is 15.6 Å². The second-order valence-corrected chi connectivity index (χ2v) is 9.17. The smallest absolute Gasteiger partial charge is 0.335 e. The Morgan fingerprint density at radius 1 is 0.865 bits per heavy atom. The molecule has 10 heteroatoms. The van der Waals surface area contributed by atoms with Crippen molar-refractivity contribution in [1.82, 2.24) is 4.57 Å². The van der Waals surface area contributed by atoms with Crippen LogP contribution in [0.25, 0.3) is 11.3 Å². The number of carboxylic acid groups (broad SMARTS) is 2. The average molecular weight is 534 g/mol. The minimum atomic E-state index is -1.55. The van der Waals surface area contributed by atoms with Gasteiger partial charge < -0.3 is 24.7 Å².